The van der Waals surface area contributed by atoms with Crippen LogP contribution in [0.5, 0.6) is 0 Å². The van der Waals surface area contributed by atoms with E-state index < -0.39 is 0 Å². The first-order chi connectivity index (χ1) is 8.00. The maximum absolute atomic E-state index is 11.8. The fourth-order valence-electron chi connectivity index (χ4n) is 1.42. The Bertz CT molecular complexity index is 391. The molecule has 0 unspecified atom stereocenters. The number of carbonyl (C=O) groups excluding carboxylic acids is 1. The van der Waals surface area contributed by atoms with Crippen molar-refractivity contribution in [2.24, 2.45) is 0 Å². The third-order valence-corrected chi connectivity index (χ3v) is 2.81. The Balaban J connectivity index is 2.44. The number of halogens is 1. The summed E-state index contributed by atoms with van der Waals surface area (Å²) < 4.78 is 0. The molecule has 94 valence electrons. The molecule has 0 aliphatic heterocycles. The minimum Gasteiger partial charge on any atom is -0.351 e. The Kier molecular flexibility index (Phi) is 5.45. The molecule has 0 atom stereocenters. The van der Waals surface area contributed by atoms with Gasteiger partial charge in [0.1, 0.15) is 0 Å². The van der Waals surface area contributed by atoms with Gasteiger partial charge in [0.25, 0.3) is 5.91 Å². The number of benzene rings is 1. The molecule has 0 aliphatic rings. The summed E-state index contributed by atoms with van der Waals surface area (Å²) in [4.78, 5) is 11.8. The maximum atomic E-state index is 11.8. The molecule has 17 heavy (non-hydrogen) atoms. The summed E-state index contributed by atoms with van der Waals surface area (Å²) >= 11 is 5.91. The van der Waals surface area contributed by atoms with E-state index >= 15 is 0 Å². The summed E-state index contributed by atoms with van der Waals surface area (Å²) in [6, 6.07) is 5.72. The van der Waals surface area contributed by atoms with E-state index in [4.69, 9.17) is 11.6 Å². The Morgan fingerprint density at radius 1 is 1.35 bits per heavy atom. The molecule has 2 N–H and O–H groups in total. The summed E-state index contributed by atoms with van der Waals surface area (Å²) in [6.07, 6.45) is 0. The summed E-state index contributed by atoms with van der Waals surface area (Å²) in [5.41, 5.74) is 1.57. The molecule has 0 heterocycles. The lowest BCUT2D eigenvalue weighted by Gasteiger charge is -2.09. The highest BCUT2D eigenvalue weighted by molar-refractivity contribution is 6.31. The average Bonchev–Trinajstić information content (AvgIpc) is 2.27. The predicted octanol–water partition coefficient (Wildman–Crippen LogP) is 2.38. The minimum atomic E-state index is -0.0599. The number of hydrogen-bond donors (Lipinski definition) is 2. The van der Waals surface area contributed by atoms with E-state index in [2.05, 4.69) is 24.5 Å². The molecular weight excluding hydrogens is 236 g/mol. The maximum Gasteiger partial charge on any atom is 0.251 e. The lowest BCUT2D eigenvalue weighted by atomic mass is 10.1. The van der Waals surface area contributed by atoms with Gasteiger partial charge in [-0.15, -0.1) is 0 Å². The van der Waals surface area contributed by atoms with Crippen LogP contribution in [0.1, 0.15) is 29.8 Å². The van der Waals surface area contributed by atoms with Crippen molar-refractivity contribution in [1.82, 2.24) is 10.6 Å². The zero-order chi connectivity index (χ0) is 12.8. The third kappa shape index (κ3) is 4.75. The third-order valence-electron chi connectivity index (χ3n) is 2.38. The molecule has 0 spiro atoms. The second kappa shape index (κ2) is 6.62. The first kappa shape index (κ1) is 14.0. The van der Waals surface area contributed by atoms with E-state index in [1.807, 2.05) is 6.92 Å². The standard InChI is InChI=1S/C13H19ClN2O/c1-9(2)15-6-7-16-13(17)11-4-5-12(14)10(3)8-11/h4-5,8-9,15H,6-7H2,1-3H3,(H,16,17). The second-order valence-corrected chi connectivity index (χ2v) is 4.74. The summed E-state index contributed by atoms with van der Waals surface area (Å²) in [5.74, 6) is -0.0599. The van der Waals surface area contributed by atoms with Crippen molar-refractivity contribution >= 4 is 17.5 Å². The van der Waals surface area contributed by atoms with E-state index in [1.54, 1.807) is 18.2 Å². The topological polar surface area (TPSA) is 41.1 Å². The Hall–Kier alpha value is -1.06. The van der Waals surface area contributed by atoms with Crippen LogP contribution in [0, 0.1) is 6.92 Å². The monoisotopic (exact) mass is 254 g/mol. The molecule has 0 saturated heterocycles. The molecule has 0 aliphatic carbocycles. The van der Waals surface area contributed by atoms with Gasteiger partial charge in [-0.3, -0.25) is 4.79 Å². The normalized spacial score (nSPS) is 10.6. The average molecular weight is 255 g/mol. The van der Waals surface area contributed by atoms with Crippen LogP contribution in [0.4, 0.5) is 0 Å². The quantitative estimate of drug-likeness (QED) is 0.793. The van der Waals surface area contributed by atoms with Crippen LogP contribution < -0.4 is 10.6 Å². The fraction of sp³-hybridized carbons (Fsp3) is 0.462. The van der Waals surface area contributed by atoms with Crippen LogP contribution in [-0.4, -0.2) is 25.0 Å². The van der Waals surface area contributed by atoms with E-state index in [-0.39, 0.29) is 5.91 Å². The first-order valence-electron chi connectivity index (χ1n) is 5.78. The SMILES string of the molecule is Cc1cc(C(=O)NCCNC(C)C)ccc1Cl. The van der Waals surface area contributed by atoms with Crippen LogP contribution in [-0.2, 0) is 0 Å². The molecule has 3 nitrogen and oxygen atoms in total. The highest BCUT2D eigenvalue weighted by Crippen LogP contribution is 2.15. The molecule has 1 aromatic rings. The number of nitrogens with one attached hydrogen (secondary N) is 2. The number of amides is 1. The van der Waals surface area contributed by atoms with E-state index in [0.717, 1.165) is 12.1 Å². The smallest absolute Gasteiger partial charge is 0.251 e. The van der Waals surface area contributed by atoms with Crippen LogP contribution in [0.25, 0.3) is 0 Å². The van der Waals surface area contributed by atoms with Crippen LogP contribution >= 0.6 is 11.6 Å². The van der Waals surface area contributed by atoms with Gasteiger partial charge < -0.3 is 10.6 Å². The number of aryl methyl sites for hydroxylation is 1. The zero-order valence-corrected chi connectivity index (χ0v) is 11.3. The van der Waals surface area contributed by atoms with E-state index in [0.29, 0.717) is 23.2 Å². The molecule has 4 heteroatoms. The molecule has 1 rings (SSSR count). The highest BCUT2D eigenvalue weighted by atomic mass is 35.5. The zero-order valence-electron chi connectivity index (χ0n) is 10.5. The van der Waals surface area contributed by atoms with Gasteiger partial charge in [0.15, 0.2) is 0 Å². The van der Waals surface area contributed by atoms with Crippen molar-refractivity contribution in [1.29, 1.82) is 0 Å². The second-order valence-electron chi connectivity index (χ2n) is 4.33. The predicted molar refractivity (Wildman–Crippen MR) is 71.7 cm³/mol. The number of hydrogen-bond acceptors (Lipinski definition) is 2. The lowest BCUT2D eigenvalue weighted by Crippen LogP contribution is -2.34. The van der Waals surface area contributed by atoms with E-state index in [1.165, 1.54) is 0 Å². The van der Waals surface area contributed by atoms with Gasteiger partial charge in [0, 0.05) is 29.7 Å². The summed E-state index contributed by atoms with van der Waals surface area (Å²) in [6.45, 7) is 7.43. The Morgan fingerprint density at radius 3 is 2.65 bits per heavy atom. The van der Waals surface area contributed by atoms with Crippen molar-refractivity contribution in [3.63, 3.8) is 0 Å². The molecule has 0 aromatic heterocycles. The van der Waals surface area contributed by atoms with Crippen molar-refractivity contribution in [2.45, 2.75) is 26.8 Å². The molecule has 0 radical (unpaired) electrons. The van der Waals surface area contributed by atoms with Gasteiger partial charge in [-0.2, -0.15) is 0 Å². The van der Waals surface area contributed by atoms with Gasteiger partial charge in [-0.1, -0.05) is 25.4 Å². The van der Waals surface area contributed by atoms with Gasteiger partial charge >= 0.3 is 0 Å². The fourth-order valence-corrected chi connectivity index (χ4v) is 1.54. The van der Waals surface area contributed by atoms with Crippen molar-refractivity contribution in [3.8, 4) is 0 Å². The molecule has 1 amide bonds. The van der Waals surface area contributed by atoms with Gasteiger partial charge in [-0.25, -0.2) is 0 Å². The number of rotatable bonds is 5. The summed E-state index contributed by atoms with van der Waals surface area (Å²) in [5, 5.41) is 6.78. The lowest BCUT2D eigenvalue weighted by molar-refractivity contribution is 0.0953. The van der Waals surface area contributed by atoms with Crippen LogP contribution in [0.2, 0.25) is 5.02 Å². The summed E-state index contributed by atoms with van der Waals surface area (Å²) in [7, 11) is 0. The molecular formula is C13H19ClN2O. The van der Waals surface area contributed by atoms with Crippen molar-refractivity contribution in [3.05, 3.63) is 34.3 Å². The highest BCUT2D eigenvalue weighted by Gasteiger charge is 2.06. The van der Waals surface area contributed by atoms with Crippen LogP contribution in [0.15, 0.2) is 18.2 Å². The van der Waals surface area contributed by atoms with E-state index in [9.17, 15) is 4.79 Å². The first-order valence-corrected chi connectivity index (χ1v) is 6.16. The Morgan fingerprint density at radius 2 is 2.06 bits per heavy atom. The van der Waals surface area contributed by atoms with Crippen LogP contribution in [0.3, 0.4) is 0 Å². The molecule has 0 saturated carbocycles. The minimum absolute atomic E-state index is 0.0599. The molecule has 0 bridgehead atoms. The number of carbonyl (C=O) groups is 1. The van der Waals surface area contributed by atoms with Gasteiger partial charge in [0.2, 0.25) is 0 Å². The Labute approximate surface area is 108 Å². The largest absolute Gasteiger partial charge is 0.351 e. The van der Waals surface area contributed by atoms with Gasteiger partial charge in [0.05, 0.1) is 0 Å². The van der Waals surface area contributed by atoms with Crippen molar-refractivity contribution in [2.75, 3.05) is 13.1 Å². The molecule has 1 aromatic carbocycles. The van der Waals surface area contributed by atoms with Crippen molar-refractivity contribution < 1.29 is 4.79 Å². The van der Waals surface area contributed by atoms with Gasteiger partial charge in [-0.05, 0) is 30.7 Å². The molecule has 0 fully saturated rings.